The molecule has 1 aliphatic rings. The number of carbonyl (C=O) groups excluding carboxylic acids is 1. The number of benzene rings is 1. The molecular weight excluding hydrogens is 318 g/mol. The molecule has 1 fully saturated rings. The van der Waals surface area contributed by atoms with Gasteiger partial charge in [0.2, 0.25) is 0 Å². The Labute approximate surface area is 142 Å². The number of rotatable bonds is 5. The molecule has 5 nitrogen and oxygen atoms in total. The van der Waals surface area contributed by atoms with Gasteiger partial charge in [-0.15, -0.1) is 0 Å². The van der Waals surface area contributed by atoms with Crippen LogP contribution in [0.15, 0.2) is 18.2 Å². The summed E-state index contributed by atoms with van der Waals surface area (Å²) in [5.74, 6) is 0.0416. The first kappa shape index (κ1) is 18.1. The first-order valence-electron chi connectivity index (χ1n) is 7.59. The van der Waals surface area contributed by atoms with E-state index in [0.29, 0.717) is 17.4 Å². The van der Waals surface area contributed by atoms with E-state index in [2.05, 4.69) is 0 Å². The van der Waals surface area contributed by atoms with Crippen molar-refractivity contribution in [3.8, 4) is 5.75 Å². The molecule has 0 unspecified atom stereocenters. The van der Waals surface area contributed by atoms with Crippen molar-refractivity contribution >= 4 is 30.2 Å². The molecule has 23 heavy (non-hydrogen) atoms. The van der Waals surface area contributed by atoms with Gasteiger partial charge < -0.3 is 18.8 Å². The average molecular weight is 341 g/mol. The van der Waals surface area contributed by atoms with Crippen molar-refractivity contribution in [2.75, 3.05) is 13.2 Å². The molecule has 0 bridgehead atoms. The lowest BCUT2D eigenvalue weighted by molar-refractivity contribution is -0.145. The van der Waals surface area contributed by atoms with Gasteiger partial charge in [0.25, 0.3) is 0 Å². The summed E-state index contributed by atoms with van der Waals surface area (Å²) in [5, 5.41) is 0.482. The molecule has 126 valence electrons. The van der Waals surface area contributed by atoms with Crippen molar-refractivity contribution in [2.45, 2.75) is 45.8 Å². The molecule has 1 aliphatic heterocycles. The van der Waals surface area contributed by atoms with Crippen LogP contribution in [-0.2, 0) is 18.8 Å². The molecule has 0 amide bonds. The maximum Gasteiger partial charge on any atom is 0.495 e. The van der Waals surface area contributed by atoms with Gasteiger partial charge in [0.05, 0.1) is 17.8 Å². The number of carbonyl (C=O) groups is 1. The Balaban J connectivity index is 2.14. The molecule has 1 aromatic rings. The van der Waals surface area contributed by atoms with E-state index in [-0.39, 0.29) is 6.61 Å². The summed E-state index contributed by atoms with van der Waals surface area (Å²) in [6.07, 6.45) is 0. The van der Waals surface area contributed by atoms with Gasteiger partial charge in [0.15, 0.2) is 6.61 Å². The zero-order valence-electron chi connectivity index (χ0n) is 14.1. The van der Waals surface area contributed by atoms with Crippen LogP contribution in [0.2, 0.25) is 5.02 Å². The standard InChI is InChI=1S/C16H22BClO5/c1-6-20-14(19)10-21-13-8-11(7-12(18)9-13)17-22-15(2,3)16(4,5)23-17/h7-9H,6,10H2,1-5H3. The minimum absolute atomic E-state index is 0.170. The second-order valence-corrected chi connectivity index (χ2v) is 6.84. The van der Waals surface area contributed by atoms with Crippen molar-refractivity contribution in [3.05, 3.63) is 23.2 Å². The minimum Gasteiger partial charge on any atom is -0.482 e. The third-order valence-electron chi connectivity index (χ3n) is 4.08. The van der Waals surface area contributed by atoms with Crippen LogP contribution in [0.1, 0.15) is 34.6 Å². The fraction of sp³-hybridized carbons (Fsp3) is 0.562. The Morgan fingerprint density at radius 3 is 2.35 bits per heavy atom. The zero-order valence-corrected chi connectivity index (χ0v) is 14.9. The third kappa shape index (κ3) is 4.19. The van der Waals surface area contributed by atoms with Crippen molar-refractivity contribution in [3.63, 3.8) is 0 Å². The molecule has 0 radical (unpaired) electrons. The van der Waals surface area contributed by atoms with Crippen molar-refractivity contribution in [1.29, 1.82) is 0 Å². The van der Waals surface area contributed by atoms with Crippen LogP contribution >= 0.6 is 11.6 Å². The molecule has 7 heteroatoms. The van der Waals surface area contributed by atoms with Gasteiger partial charge in [-0.05, 0) is 58.3 Å². The molecule has 0 N–H and O–H groups in total. The van der Waals surface area contributed by atoms with Gasteiger partial charge in [-0.2, -0.15) is 0 Å². The van der Waals surface area contributed by atoms with Crippen LogP contribution in [0.25, 0.3) is 0 Å². The summed E-state index contributed by atoms with van der Waals surface area (Å²) < 4.78 is 22.3. The zero-order chi connectivity index (χ0) is 17.3. The molecule has 1 aromatic carbocycles. The predicted molar refractivity (Wildman–Crippen MR) is 89.3 cm³/mol. The molecule has 2 rings (SSSR count). The van der Waals surface area contributed by atoms with Gasteiger partial charge in [-0.1, -0.05) is 11.6 Å². The van der Waals surface area contributed by atoms with Crippen molar-refractivity contribution in [2.24, 2.45) is 0 Å². The topological polar surface area (TPSA) is 54.0 Å². The Morgan fingerprint density at radius 2 is 1.78 bits per heavy atom. The van der Waals surface area contributed by atoms with Crippen molar-refractivity contribution in [1.82, 2.24) is 0 Å². The maximum absolute atomic E-state index is 11.4. The van der Waals surface area contributed by atoms with Crippen LogP contribution in [0.3, 0.4) is 0 Å². The Morgan fingerprint density at radius 1 is 1.17 bits per heavy atom. The first-order valence-corrected chi connectivity index (χ1v) is 7.97. The second kappa shape index (κ2) is 6.71. The number of halogens is 1. The first-order chi connectivity index (χ1) is 10.6. The molecule has 0 atom stereocenters. The summed E-state index contributed by atoms with van der Waals surface area (Å²) >= 11 is 6.14. The smallest absolute Gasteiger partial charge is 0.482 e. The lowest BCUT2D eigenvalue weighted by Crippen LogP contribution is -2.41. The van der Waals surface area contributed by atoms with E-state index in [1.54, 1.807) is 25.1 Å². The molecule has 0 spiro atoms. The molecule has 1 saturated heterocycles. The second-order valence-electron chi connectivity index (χ2n) is 6.40. The summed E-state index contributed by atoms with van der Waals surface area (Å²) in [6.45, 7) is 9.82. The van der Waals surface area contributed by atoms with Crippen LogP contribution in [0.5, 0.6) is 5.75 Å². The fourth-order valence-electron chi connectivity index (χ4n) is 2.13. The van der Waals surface area contributed by atoms with E-state index in [9.17, 15) is 4.79 Å². The van der Waals surface area contributed by atoms with Crippen LogP contribution in [0.4, 0.5) is 0 Å². The number of hydrogen-bond donors (Lipinski definition) is 0. The van der Waals surface area contributed by atoms with E-state index < -0.39 is 24.3 Å². The fourth-order valence-corrected chi connectivity index (χ4v) is 2.36. The van der Waals surface area contributed by atoms with Gasteiger partial charge in [0, 0.05) is 5.02 Å². The summed E-state index contributed by atoms with van der Waals surface area (Å²) in [6, 6.07) is 5.16. The van der Waals surface area contributed by atoms with Gasteiger partial charge in [0.1, 0.15) is 5.75 Å². The minimum atomic E-state index is -0.538. The summed E-state index contributed by atoms with van der Waals surface area (Å²) in [7, 11) is -0.538. The van der Waals surface area contributed by atoms with Crippen LogP contribution < -0.4 is 10.2 Å². The third-order valence-corrected chi connectivity index (χ3v) is 4.30. The van der Waals surface area contributed by atoms with Gasteiger partial charge >= 0.3 is 13.1 Å². The lowest BCUT2D eigenvalue weighted by atomic mass is 9.79. The molecule has 1 heterocycles. The number of esters is 1. The van der Waals surface area contributed by atoms with Gasteiger partial charge in [-0.25, -0.2) is 4.79 Å². The molecule has 0 aliphatic carbocycles. The van der Waals surface area contributed by atoms with Crippen molar-refractivity contribution < 1.29 is 23.6 Å². The van der Waals surface area contributed by atoms with Crippen LogP contribution in [0, 0.1) is 0 Å². The quantitative estimate of drug-likeness (QED) is 0.609. The van der Waals surface area contributed by atoms with E-state index in [0.717, 1.165) is 5.46 Å². The summed E-state index contributed by atoms with van der Waals surface area (Å²) in [4.78, 5) is 11.4. The summed E-state index contributed by atoms with van der Waals surface area (Å²) in [5.41, 5.74) is -0.132. The predicted octanol–water partition coefficient (Wildman–Crippen LogP) is 2.58. The Kier molecular flexibility index (Phi) is 5.28. The average Bonchev–Trinajstić information content (AvgIpc) is 2.65. The highest BCUT2D eigenvalue weighted by Gasteiger charge is 2.51. The Hall–Kier alpha value is -1.24. The highest BCUT2D eigenvalue weighted by atomic mass is 35.5. The Bertz CT molecular complexity index is 572. The van der Waals surface area contributed by atoms with Crippen LogP contribution in [-0.4, -0.2) is 37.5 Å². The maximum atomic E-state index is 11.4. The van der Waals surface area contributed by atoms with E-state index in [4.69, 9.17) is 30.4 Å². The monoisotopic (exact) mass is 340 g/mol. The molecule has 0 aromatic heterocycles. The molecule has 0 saturated carbocycles. The largest absolute Gasteiger partial charge is 0.495 e. The SMILES string of the molecule is CCOC(=O)COc1cc(Cl)cc(B2OC(C)(C)C(C)(C)O2)c1. The van der Waals surface area contributed by atoms with Gasteiger partial charge in [-0.3, -0.25) is 0 Å². The van der Waals surface area contributed by atoms with E-state index in [1.165, 1.54) is 0 Å². The van der Waals surface area contributed by atoms with E-state index in [1.807, 2.05) is 27.7 Å². The number of hydrogen-bond acceptors (Lipinski definition) is 5. The van der Waals surface area contributed by atoms with E-state index >= 15 is 0 Å². The molecular formula is C16H22BClO5. The number of ether oxygens (including phenoxy) is 2. The lowest BCUT2D eigenvalue weighted by Gasteiger charge is -2.32. The normalized spacial score (nSPS) is 18.8. The highest BCUT2D eigenvalue weighted by molar-refractivity contribution is 6.62. The highest BCUT2D eigenvalue weighted by Crippen LogP contribution is 2.36.